The van der Waals surface area contributed by atoms with Gasteiger partial charge in [0.1, 0.15) is 12.4 Å². The summed E-state index contributed by atoms with van der Waals surface area (Å²) in [5.41, 5.74) is 0.124. The summed E-state index contributed by atoms with van der Waals surface area (Å²) in [7, 11) is 0. The van der Waals surface area contributed by atoms with Crippen LogP contribution in [-0.2, 0) is 4.79 Å². The lowest BCUT2D eigenvalue weighted by Crippen LogP contribution is -2.28. The van der Waals surface area contributed by atoms with Gasteiger partial charge in [0.15, 0.2) is 0 Å². The first-order chi connectivity index (χ1) is 9.09. The van der Waals surface area contributed by atoms with E-state index >= 15 is 0 Å². The summed E-state index contributed by atoms with van der Waals surface area (Å²) in [6.45, 7) is 1.44. The molecule has 0 aliphatic carbocycles. The van der Waals surface area contributed by atoms with Gasteiger partial charge in [-0.2, -0.15) is 14.6 Å². The van der Waals surface area contributed by atoms with Crippen molar-refractivity contribution in [2.45, 2.75) is 13.0 Å². The van der Waals surface area contributed by atoms with E-state index in [0.29, 0.717) is 16.7 Å². The fourth-order valence-corrected chi connectivity index (χ4v) is 1.90. The molecule has 0 radical (unpaired) electrons. The van der Waals surface area contributed by atoms with Crippen LogP contribution in [0.3, 0.4) is 0 Å². The van der Waals surface area contributed by atoms with E-state index in [-0.39, 0.29) is 0 Å². The maximum absolute atomic E-state index is 12.2. The molecule has 3 rings (SSSR count). The fourth-order valence-electron chi connectivity index (χ4n) is 1.90. The van der Waals surface area contributed by atoms with Crippen molar-refractivity contribution >= 4 is 22.6 Å². The summed E-state index contributed by atoms with van der Waals surface area (Å²) in [5.74, 6) is -0.688. The molecular formula is C11H9N5O3. The van der Waals surface area contributed by atoms with Crippen molar-refractivity contribution < 1.29 is 9.90 Å². The largest absolute Gasteiger partial charge is 0.480 e. The highest BCUT2D eigenvalue weighted by Crippen LogP contribution is 2.11. The number of hydrogen-bond acceptors (Lipinski definition) is 5. The number of carbonyl (C=O) groups is 1. The van der Waals surface area contributed by atoms with Crippen LogP contribution >= 0.6 is 0 Å². The number of rotatable bonds is 2. The Morgan fingerprint density at radius 2 is 2.21 bits per heavy atom. The van der Waals surface area contributed by atoms with Crippen LogP contribution in [0, 0.1) is 0 Å². The zero-order valence-electron chi connectivity index (χ0n) is 9.89. The number of nitrogens with zero attached hydrogens (tertiary/aromatic N) is 5. The van der Waals surface area contributed by atoms with Crippen LogP contribution in [0.5, 0.6) is 0 Å². The number of pyridine rings is 1. The zero-order valence-corrected chi connectivity index (χ0v) is 9.89. The molecule has 8 heteroatoms. The molecule has 0 aromatic carbocycles. The van der Waals surface area contributed by atoms with Crippen LogP contribution in [0.4, 0.5) is 0 Å². The van der Waals surface area contributed by atoms with E-state index in [1.165, 1.54) is 30.2 Å². The van der Waals surface area contributed by atoms with E-state index in [1.807, 2.05) is 0 Å². The van der Waals surface area contributed by atoms with Gasteiger partial charge in [-0.15, -0.1) is 0 Å². The normalized spacial score (nSPS) is 12.9. The lowest BCUT2D eigenvalue weighted by atomic mass is 10.2. The molecule has 0 saturated carbocycles. The van der Waals surface area contributed by atoms with E-state index in [9.17, 15) is 9.59 Å². The molecule has 3 heterocycles. The molecule has 0 saturated heterocycles. The topological polar surface area (TPSA) is 102 Å². The number of aliphatic carboxylic acids is 1. The van der Waals surface area contributed by atoms with Crippen molar-refractivity contribution in [2.24, 2.45) is 0 Å². The standard InChI is InChI=1S/C11H9N5O3/c1-6(10(18)19)15-3-2-8-7(9(15)17)4-12-11-13-5-14-16(8)11/h2-6H,1H3,(H,18,19). The van der Waals surface area contributed by atoms with Crippen LogP contribution in [0.15, 0.2) is 29.6 Å². The third kappa shape index (κ3) is 1.57. The smallest absolute Gasteiger partial charge is 0.326 e. The molecule has 1 N–H and O–H groups in total. The van der Waals surface area contributed by atoms with Crippen molar-refractivity contribution in [1.82, 2.24) is 24.1 Å². The quantitative estimate of drug-likeness (QED) is 0.699. The second-order valence-electron chi connectivity index (χ2n) is 4.07. The van der Waals surface area contributed by atoms with Gasteiger partial charge in [-0.1, -0.05) is 0 Å². The van der Waals surface area contributed by atoms with Crippen molar-refractivity contribution in [3.05, 3.63) is 35.1 Å². The second-order valence-corrected chi connectivity index (χ2v) is 4.07. The zero-order chi connectivity index (χ0) is 13.6. The van der Waals surface area contributed by atoms with Gasteiger partial charge < -0.3 is 9.67 Å². The molecule has 1 atom stereocenters. The highest BCUT2D eigenvalue weighted by Gasteiger charge is 2.16. The molecule has 0 aliphatic rings. The lowest BCUT2D eigenvalue weighted by molar-refractivity contribution is -0.140. The summed E-state index contributed by atoms with van der Waals surface area (Å²) in [5, 5.41) is 13.2. The van der Waals surface area contributed by atoms with E-state index in [1.54, 1.807) is 6.07 Å². The Bertz CT molecular complexity index is 850. The van der Waals surface area contributed by atoms with Crippen molar-refractivity contribution in [3.63, 3.8) is 0 Å². The first-order valence-electron chi connectivity index (χ1n) is 5.52. The monoisotopic (exact) mass is 259 g/mol. The van der Waals surface area contributed by atoms with Crippen molar-refractivity contribution in [2.75, 3.05) is 0 Å². The van der Waals surface area contributed by atoms with Crippen molar-refractivity contribution in [3.8, 4) is 0 Å². The molecule has 0 aliphatic heterocycles. The molecule has 3 aromatic heterocycles. The molecule has 1 unspecified atom stereocenters. The van der Waals surface area contributed by atoms with Crippen molar-refractivity contribution in [1.29, 1.82) is 0 Å². The van der Waals surface area contributed by atoms with E-state index in [0.717, 1.165) is 4.57 Å². The molecule has 0 spiro atoms. The molecule has 19 heavy (non-hydrogen) atoms. The van der Waals surface area contributed by atoms with Gasteiger partial charge in [-0.3, -0.25) is 4.79 Å². The average molecular weight is 259 g/mol. The minimum Gasteiger partial charge on any atom is -0.480 e. The average Bonchev–Trinajstić information content (AvgIpc) is 2.86. The van der Waals surface area contributed by atoms with Crippen LogP contribution in [0.2, 0.25) is 0 Å². The highest BCUT2D eigenvalue weighted by molar-refractivity contribution is 5.79. The molecule has 0 bridgehead atoms. The Balaban J connectivity index is 2.37. The predicted octanol–water partition coefficient (Wildman–Crippen LogP) is 0.0848. The van der Waals surface area contributed by atoms with Crippen LogP contribution in [0.25, 0.3) is 16.7 Å². The number of aromatic nitrogens is 5. The molecular weight excluding hydrogens is 250 g/mol. The minimum absolute atomic E-state index is 0.300. The maximum Gasteiger partial charge on any atom is 0.326 e. The Hall–Kier alpha value is -2.77. The number of hydrogen-bond donors (Lipinski definition) is 1. The Labute approximate surface area is 106 Å². The summed E-state index contributed by atoms with van der Waals surface area (Å²) in [4.78, 5) is 31.1. The van der Waals surface area contributed by atoms with Crippen LogP contribution in [-0.4, -0.2) is 35.2 Å². The SMILES string of the molecule is CC(C(=O)O)n1ccc2c(cnc3ncnn32)c1=O. The summed E-state index contributed by atoms with van der Waals surface area (Å²) < 4.78 is 2.58. The maximum atomic E-state index is 12.2. The second kappa shape index (κ2) is 3.87. The van der Waals surface area contributed by atoms with Gasteiger partial charge in [0.2, 0.25) is 0 Å². The third-order valence-electron chi connectivity index (χ3n) is 2.98. The number of fused-ring (bicyclic) bond motifs is 3. The van der Waals surface area contributed by atoms with Gasteiger partial charge in [0, 0.05) is 12.4 Å². The number of carboxylic acids is 1. The van der Waals surface area contributed by atoms with Gasteiger partial charge in [-0.05, 0) is 13.0 Å². The summed E-state index contributed by atoms with van der Waals surface area (Å²) in [6, 6.07) is 0.683. The van der Waals surface area contributed by atoms with Gasteiger partial charge >= 0.3 is 5.97 Å². The first-order valence-corrected chi connectivity index (χ1v) is 5.52. The third-order valence-corrected chi connectivity index (χ3v) is 2.98. The number of carboxylic acid groups (broad SMARTS) is 1. The Kier molecular flexibility index (Phi) is 2.31. The minimum atomic E-state index is -1.07. The lowest BCUT2D eigenvalue weighted by Gasteiger charge is -2.11. The van der Waals surface area contributed by atoms with E-state index in [4.69, 9.17) is 5.11 Å². The predicted molar refractivity (Wildman–Crippen MR) is 64.9 cm³/mol. The van der Waals surface area contributed by atoms with Gasteiger partial charge in [0.05, 0.1) is 10.9 Å². The molecule has 96 valence electrons. The molecule has 0 fully saturated rings. The van der Waals surface area contributed by atoms with Crippen LogP contribution < -0.4 is 5.56 Å². The van der Waals surface area contributed by atoms with Gasteiger partial charge in [-0.25, -0.2) is 9.78 Å². The highest BCUT2D eigenvalue weighted by atomic mass is 16.4. The summed E-state index contributed by atoms with van der Waals surface area (Å²) in [6.07, 6.45) is 4.16. The van der Waals surface area contributed by atoms with Crippen LogP contribution in [0.1, 0.15) is 13.0 Å². The van der Waals surface area contributed by atoms with E-state index < -0.39 is 17.6 Å². The van der Waals surface area contributed by atoms with Gasteiger partial charge in [0.25, 0.3) is 11.3 Å². The first kappa shape index (κ1) is 11.3. The molecule has 0 amide bonds. The molecule has 3 aromatic rings. The fraction of sp³-hybridized carbons (Fsp3) is 0.182. The van der Waals surface area contributed by atoms with E-state index in [2.05, 4.69) is 15.1 Å². The Morgan fingerprint density at radius 3 is 2.95 bits per heavy atom. The molecule has 8 nitrogen and oxygen atoms in total. The Morgan fingerprint density at radius 1 is 1.42 bits per heavy atom. The summed E-state index contributed by atoms with van der Waals surface area (Å²) >= 11 is 0.